The number of anilines is 1. The zero-order valence-electron chi connectivity index (χ0n) is 13.2. The lowest BCUT2D eigenvalue weighted by Gasteiger charge is -2.14. The molecule has 5 nitrogen and oxygen atoms in total. The molecule has 0 aliphatic heterocycles. The van der Waals surface area contributed by atoms with Crippen LogP contribution in [0, 0.1) is 6.92 Å². The summed E-state index contributed by atoms with van der Waals surface area (Å²) in [5, 5.41) is 2.80. The van der Waals surface area contributed by atoms with E-state index in [-0.39, 0.29) is 5.91 Å². The standard InChI is InChI=1S/C18H19NO4/c1-11-16(8-9-22-11)18(21)23-12(2)17(20)19-15-7-6-13-4-3-5-14(13)10-15/h6-10,12H,3-5H2,1-2H3,(H,19,20)/t12-/m0/s1. The highest BCUT2D eigenvalue weighted by atomic mass is 16.5. The van der Waals surface area contributed by atoms with Gasteiger partial charge in [0.1, 0.15) is 11.3 Å². The van der Waals surface area contributed by atoms with Gasteiger partial charge >= 0.3 is 5.97 Å². The summed E-state index contributed by atoms with van der Waals surface area (Å²) in [6.45, 7) is 3.22. The smallest absolute Gasteiger partial charge is 0.342 e. The lowest BCUT2D eigenvalue weighted by atomic mass is 10.1. The number of amides is 1. The Balaban J connectivity index is 1.61. The molecule has 0 spiro atoms. The number of benzene rings is 1. The number of esters is 1. The van der Waals surface area contributed by atoms with Crippen molar-refractivity contribution < 1.29 is 18.7 Å². The molecule has 120 valence electrons. The van der Waals surface area contributed by atoms with Crippen LogP contribution in [0.2, 0.25) is 0 Å². The fraction of sp³-hybridized carbons (Fsp3) is 0.333. The van der Waals surface area contributed by atoms with Crippen molar-refractivity contribution in [1.82, 2.24) is 0 Å². The number of rotatable bonds is 4. The molecule has 1 aliphatic carbocycles. The molecule has 1 heterocycles. The number of carbonyl (C=O) groups excluding carboxylic acids is 2. The second kappa shape index (κ2) is 6.28. The maximum atomic E-state index is 12.2. The number of ether oxygens (including phenoxy) is 1. The summed E-state index contributed by atoms with van der Waals surface area (Å²) in [6, 6.07) is 7.46. The highest BCUT2D eigenvalue weighted by Crippen LogP contribution is 2.25. The van der Waals surface area contributed by atoms with Crippen LogP contribution in [-0.2, 0) is 22.4 Å². The summed E-state index contributed by atoms with van der Waals surface area (Å²) in [5.41, 5.74) is 3.69. The van der Waals surface area contributed by atoms with Gasteiger partial charge in [0.2, 0.25) is 0 Å². The summed E-state index contributed by atoms with van der Waals surface area (Å²) in [4.78, 5) is 24.2. The molecule has 0 bridgehead atoms. The molecular formula is C18H19NO4. The number of aryl methyl sites for hydroxylation is 3. The van der Waals surface area contributed by atoms with E-state index in [0.29, 0.717) is 11.3 Å². The maximum Gasteiger partial charge on any atom is 0.342 e. The average molecular weight is 313 g/mol. The van der Waals surface area contributed by atoms with Crippen molar-refractivity contribution >= 4 is 17.6 Å². The van der Waals surface area contributed by atoms with E-state index in [1.165, 1.54) is 23.5 Å². The topological polar surface area (TPSA) is 68.5 Å². The summed E-state index contributed by atoms with van der Waals surface area (Å²) in [7, 11) is 0. The minimum atomic E-state index is -0.884. The third kappa shape index (κ3) is 3.28. The monoisotopic (exact) mass is 313 g/mol. The van der Waals surface area contributed by atoms with Crippen LogP contribution in [0.3, 0.4) is 0 Å². The van der Waals surface area contributed by atoms with Gasteiger partial charge in [-0.15, -0.1) is 0 Å². The van der Waals surface area contributed by atoms with Crippen molar-refractivity contribution in [3.05, 3.63) is 53.0 Å². The number of carbonyl (C=O) groups is 2. The Bertz CT molecular complexity index is 747. The highest BCUT2D eigenvalue weighted by Gasteiger charge is 2.21. The third-order valence-corrected chi connectivity index (χ3v) is 4.10. The predicted molar refractivity (Wildman–Crippen MR) is 85.4 cm³/mol. The summed E-state index contributed by atoms with van der Waals surface area (Å²) < 4.78 is 10.3. The maximum absolute atomic E-state index is 12.2. The number of fused-ring (bicyclic) bond motifs is 1. The molecule has 23 heavy (non-hydrogen) atoms. The Morgan fingerprint density at radius 1 is 1.22 bits per heavy atom. The fourth-order valence-corrected chi connectivity index (χ4v) is 2.77. The second-order valence-electron chi connectivity index (χ2n) is 5.76. The first-order valence-corrected chi connectivity index (χ1v) is 7.72. The zero-order valence-corrected chi connectivity index (χ0v) is 13.2. The molecule has 0 fully saturated rings. The normalized spacial score (nSPS) is 14.2. The van der Waals surface area contributed by atoms with E-state index in [9.17, 15) is 9.59 Å². The average Bonchev–Trinajstić information content (AvgIpc) is 3.15. The van der Waals surface area contributed by atoms with Crippen LogP contribution in [0.5, 0.6) is 0 Å². The first-order chi connectivity index (χ1) is 11.0. The molecule has 1 atom stereocenters. The molecule has 1 N–H and O–H groups in total. The van der Waals surface area contributed by atoms with E-state index >= 15 is 0 Å². The number of nitrogens with one attached hydrogen (secondary N) is 1. The fourth-order valence-electron chi connectivity index (χ4n) is 2.77. The minimum Gasteiger partial charge on any atom is -0.469 e. The number of hydrogen-bond donors (Lipinski definition) is 1. The minimum absolute atomic E-state index is 0.335. The van der Waals surface area contributed by atoms with E-state index in [1.807, 2.05) is 18.2 Å². The van der Waals surface area contributed by atoms with Gasteiger partial charge in [-0.3, -0.25) is 4.79 Å². The molecule has 1 amide bonds. The second-order valence-corrected chi connectivity index (χ2v) is 5.76. The van der Waals surface area contributed by atoms with Gasteiger partial charge in [-0.25, -0.2) is 4.79 Å². The molecule has 5 heteroatoms. The van der Waals surface area contributed by atoms with Crippen molar-refractivity contribution in [1.29, 1.82) is 0 Å². The highest BCUT2D eigenvalue weighted by molar-refractivity contribution is 5.97. The Morgan fingerprint density at radius 2 is 2.00 bits per heavy atom. The van der Waals surface area contributed by atoms with Gasteiger partial charge in [-0.2, -0.15) is 0 Å². The van der Waals surface area contributed by atoms with Crippen LogP contribution in [0.15, 0.2) is 34.9 Å². The van der Waals surface area contributed by atoms with Gasteiger partial charge in [-0.1, -0.05) is 6.07 Å². The van der Waals surface area contributed by atoms with Gasteiger partial charge < -0.3 is 14.5 Å². The Hall–Kier alpha value is -2.56. The molecule has 0 saturated carbocycles. The SMILES string of the molecule is Cc1occc1C(=O)O[C@@H](C)C(=O)Nc1ccc2c(c1)CCC2. The van der Waals surface area contributed by atoms with E-state index in [4.69, 9.17) is 9.15 Å². The van der Waals surface area contributed by atoms with Crippen LogP contribution in [0.4, 0.5) is 5.69 Å². The quantitative estimate of drug-likeness (QED) is 0.880. The molecule has 0 unspecified atom stereocenters. The summed E-state index contributed by atoms with van der Waals surface area (Å²) >= 11 is 0. The number of furan rings is 1. The Kier molecular flexibility index (Phi) is 4.19. The molecule has 1 aromatic carbocycles. The van der Waals surface area contributed by atoms with Crippen molar-refractivity contribution in [3.8, 4) is 0 Å². The molecule has 0 saturated heterocycles. The van der Waals surface area contributed by atoms with Crippen molar-refractivity contribution in [3.63, 3.8) is 0 Å². The van der Waals surface area contributed by atoms with Gasteiger partial charge in [0.05, 0.1) is 6.26 Å². The van der Waals surface area contributed by atoms with Crippen LogP contribution in [0.25, 0.3) is 0 Å². The summed E-state index contributed by atoms with van der Waals surface area (Å²) in [6.07, 6.45) is 3.84. The first kappa shape index (κ1) is 15.3. The first-order valence-electron chi connectivity index (χ1n) is 7.72. The van der Waals surface area contributed by atoms with Gasteiger partial charge in [0.15, 0.2) is 6.10 Å². The van der Waals surface area contributed by atoms with Crippen molar-refractivity contribution in [2.45, 2.75) is 39.2 Å². The van der Waals surface area contributed by atoms with Crippen molar-refractivity contribution in [2.24, 2.45) is 0 Å². The Morgan fingerprint density at radius 3 is 2.74 bits per heavy atom. The Labute approximate surface area is 134 Å². The van der Waals surface area contributed by atoms with Crippen LogP contribution >= 0.6 is 0 Å². The molecule has 2 aromatic rings. The summed E-state index contributed by atoms with van der Waals surface area (Å²) in [5.74, 6) is -0.438. The van der Waals surface area contributed by atoms with Crippen molar-refractivity contribution in [2.75, 3.05) is 5.32 Å². The van der Waals surface area contributed by atoms with Crippen LogP contribution in [-0.4, -0.2) is 18.0 Å². The lowest BCUT2D eigenvalue weighted by Crippen LogP contribution is -2.30. The predicted octanol–water partition coefficient (Wildman–Crippen LogP) is 3.26. The van der Waals surface area contributed by atoms with Gasteiger partial charge in [0.25, 0.3) is 5.91 Å². The van der Waals surface area contributed by atoms with Crippen LogP contribution < -0.4 is 5.32 Å². The molecule has 0 radical (unpaired) electrons. The van der Waals surface area contributed by atoms with Gasteiger partial charge in [-0.05, 0) is 62.4 Å². The van der Waals surface area contributed by atoms with E-state index in [1.54, 1.807) is 13.8 Å². The van der Waals surface area contributed by atoms with Gasteiger partial charge in [0, 0.05) is 5.69 Å². The largest absolute Gasteiger partial charge is 0.469 e. The molecule has 3 rings (SSSR count). The van der Waals surface area contributed by atoms with E-state index < -0.39 is 12.1 Å². The zero-order chi connectivity index (χ0) is 16.4. The van der Waals surface area contributed by atoms with E-state index in [0.717, 1.165) is 24.9 Å². The lowest BCUT2D eigenvalue weighted by molar-refractivity contribution is -0.123. The molecule has 1 aliphatic rings. The van der Waals surface area contributed by atoms with Crippen LogP contribution in [0.1, 0.15) is 40.6 Å². The number of hydrogen-bond acceptors (Lipinski definition) is 4. The third-order valence-electron chi connectivity index (χ3n) is 4.10. The molecular weight excluding hydrogens is 294 g/mol. The molecule has 1 aromatic heterocycles. The van der Waals surface area contributed by atoms with E-state index in [2.05, 4.69) is 5.32 Å².